The Kier molecular flexibility index (Phi) is 5.10. The molecule has 2 N–H and O–H groups in total. The summed E-state index contributed by atoms with van der Waals surface area (Å²) in [6.45, 7) is 6.67. The van der Waals surface area contributed by atoms with Gasteiger partial charge in [0, 0.05) is 13.0 Å². The van der Waals surface area contributed by atoms with Crippen molar-refractivity contribution < 1.29 is 19.1 Å². The molecule has 0 saturated carbocycles. The summed E-state index contributed by atoms with van der Waals surface area (Å²) < 4.78 is 10.5. The minimum atomic E-state index is -0.573. The zero-order valence-electron chi connectivity index (χ0n) is 11.3. The van der Waals surface area contributed by atoms with Crippen molar-refractivity contribution in [2.75, 3.05) is 26.3 Å². The number of ether oxygens (including phenoxy) is 2. The normalized spacial score (nSPS) is 20.7. The van der Waals surface area contributed by atoms with Gasteiger partial charge >= 0.3 is 6.09 Å². The average molecular weight is 258 g/mol. The lowest BCUT2D eigenvalue weighted by Gasteiger charge is -2.35. The zero-order chi connectivity index (χ0) is 13.8. The number of ketones is 1. The fourth-order valence-corrected chi connectivity index (χ4v) is 1.72. The summed E-state index contributed by atoms with van der Waals surface area (Å²) in [5.41, 5.74) is 4.79. The number of morpholine rings is 1. The van der Waals surface area contributed by atoms with E-state index in [1.807, 2.05) is 0 Å². The van der Waals surface area contributed by atoms with Crippen LogP contribution < -0.4 is 5.73 Å². The van der Waals surface area contributed by atoms with Gasteiger partial charge in [-0.1, -0.05) is 0 Å². The Morgan fingerprint density at radius 1 is 1.44 bits per heavy atom. The van der Waals surface area contributed by atoms with Crippen molar-refractivity contribution in [1.29, 1.82) is 0 Å². The monoisotopic (exact) mass is 258 g/mol. The maximum atomic E-state index is 12.0. The van der Waals surface area contributed by atoms with Crippen LogP contribution in [0, 0.1) is 0 Å². The lowest BCUT2D eigenvalue weighted by molar-refractivity contribution is -0.129. The third-order valence-corrected chi connectivity index (χ3v) is 2.52. The van der Waals surface area contributed by atoms with Gasteiger partial charge in [-0.2, -0.15) is 0 Å². The van der Waals surface area contributed by atoms with E-state index in [4.69, 9.17) is 15.2 Å². The van der Waals surface area contributed by atoms with E-state index in [2.05, 4.69) is 0 Å². The van der Waals surface area contributed by atoms with Gasteiger partial charge in [0.1, 0.15) is 11.6 Å². The van der Waals surface area contributed by atoms with Crippen LogP contribution in [0.5, 0.6) is 0 Å². The molecule has 6 nitrogen and oxygen atoms in total. The standard InChI is InChI=1S/C12H22N2O4/c1-12(2,3)18-11(16)14-6-7-17-8-9(14)10(15)4-5-13/h9H,4-8,13H2,1-3H3. The molecule has 1 heterocycles. The predicted octanol–water partition coefficient (Wildman–Crippen LogP) is 0.540. The molecule has 6 heteroatoms. The summed E-state index contributed by atoms with van der Waals surface area (Å²) in [5, 5.41) is 0. The molecule has 0 aromatic carbocycles. The Balaban J connectivity index is 2.70. The van der Waals surface area contributed by atoms with E-state index in [0.717, 1.165) is 0 Å². The molecule has 1 atom stereocenters. The van der Waals surface area contributed by atoms with Crippen LogP contribution in [-0.4, -0.2) is 54.7 Å². The van der Waals surface area contributed by atoms with Gasteiger partial charge in [-0.3, -0.25) is 9.69 Å². The summed E-state index contributed by atoms with van der Waals surface area (Å²) >= 11 is 0. The molecule has 104 valence electrons. The van der Waals surface area contributed by atoms with Gasteiger partial charge in [0.15, 0.2) is 5.78 Å². The predicted molar refractivity (Wildman–Crippen MR) is 66.2 cm³/mol. The van der Waals surface area contributed by atoms with E-state index in [9.17, 15) is 9.59 Å². The number of carbonyl (C=O) groups excluding carboxylic acids is 2. The van der Waals surface area contributed by atoms with Crippen LogP contribution in [-0.2, 0) is 14.3 Å². The number of hydrogen-bond acceptors (Lipinski definition) is 5. The highest BCUT2D eigenvalue weighted by Crippen LogP contribution is 2.15. The summed E-state index contributed by atoms with van der Waals surface area (Å²) in [7, 11) is 0. The van der Waals surface area contributed by atoms with Crippen LogP contribution in [0.3, 0.4) is 0 Å². The number of rotatable bonds is 3. The lowest BCUT2D eigenvalue weighted by Crippen LogP contribution is -2.54. The third-order valence-electron chi connectivity index (χ3n) is 2.52. The second-order valence-electron chi connectivity index (χ2n) is 5.27. The lowest BCUT2D eigenvalue weighted by atomic mass is 10.1. The summed E-state index contributed by atoms with van der Waals surface area (Å²) in [4.78, 5) is 25.3. The van der Waals surface area contributed by atoms with Gasteiger partial charge in [-0.25, -0.2) is 4.79 Å². The SMILES string of the molecule is CC(C)(C)OC(=O)N1CCOCC1C(=O)CCN. The summed E-state index contributed by atoms with van der Waals surface area (Å²) in [6, 6.07) is -0.572. The Hall–Kier alpha value is -1.14. The number of Topliss-reactive ketones (excluding diaryl/α,β-unsaturated/α-hetero) is 1. The van der Waals surface area contributed by atoms with Gasteiger partial charge < -0.3 is 15.2 Å². The second kappa shape index (κ2) is 6.15. The molecule has 0 bridgehead atoms. The van der Waals surface area contributed by atoms with Crippen LogP contribution in [0.15, 0.2) is 0 Å². The first-order chi connectivity index (χ1) is 8.35. The molecule has 1 aliphatic heterocycles. The van der Waals surface area contributed by atoms with Gasteiger partial charge in [0.2, 0.25) is 0 Å². The molecule has 0 aromatic heterocycles. The molecule has 1 unspecified atom stereocenters. The van der Waals surface area contributed by atoms with Gasteiger partial charge in [-0.05, 0) is 27.3 Å². The van der Waals surface area contributed by atoms with E-state index in [1.165, 1.54) is 4.90 Å². The fraction of sp³-hybridized carbons (Fsp3) is 0.833. The van der Waals surface area contributed by atoms with E-state index in [0.29, 0.717) is 13.2 Å². The molecule has 0 radical (unpaired) electrons. The van der Waals surface area contributed by atoms with Crippen LogP contribution in [0.4, 0.5) is 4.79 Å². The molecular formula is C12H22N2O4. The van der Waals surface area contributed by atoms with Crippen molar-refractivity contribution >= 4 is 11.9 Å². The highest BCUT2D eigenvalue weighted by Gasteiger charge is 2.34. The Bertz CT molecular complexity index is 312. The van der Waals surface area contributed by atoms with Crippen molar-refractivity contribution in [3.05, 3.63) is 0 Å². The van der Waals surface area contributed by atoms with E-state index >= 15 is 0 Å². The first-order valence-corrected chi connectivity index (χ1v) is 6.15. The molecule has 1 rings (SSSR count). The molecular weight excluding hydrogens is 236 g/mol. The summed E-state index contributed by atoms with van der Waals surface area (Å²) in [6.07, 6.45) is -0.228. The molecule has 0 aromatic rings. The first kappa shape index (κ1) is 14.9. The number of nitrogens with two attached hydrogens (primary N) is 1. The van der Waals surface area contributed by atoms with Crippen molar-refractivity contribution in [2.45, 2.75) is 38.8 Å². The van der Waals surface area contributed by atoms with Crippen LogP contribution in [0.25, 0.3) is 0 Å². The highest BCUT2D eigenvalue weighted by atomic mass is 16.6. The Morgan fingerprint density at radius 3 is 2.67 bits per heavy atom. The second-order valence-corrected chi connectivity index (χ2v) is 5.27. The average Bonchev–Trinajstić information content (AvgIpc) is 2.27. The maximum absolute atomic E-state index is 12.0. The van der Waals surface area contributed by atoms with Crippen molar-refractivity contribution in [3.63, 3.8) is 0 Å². The number of amides is 1. The number of nitrogens with zero attached hydrogens (tertiary/aromatic N) is 1. The summed E-state index contributed by atoms with van der Waals surface area (Å²) in [5.74, 6) is -0.0805. The smallest absolute Gasteiger partial charge is 0.411 e. The van der Waals surface area contributed by atoms with Crippen molar-refractivity contribution in [3.8, 4) is 0 Å². The molecule has 1 amide bonds. The van der Waals surface area contributed by atoms with Crippen molar-refractivity contribution in [1.82, 2.24) is 4.90 Å². The van der Waals surface area contributed by atoms with Crippen molar-refractivity contribution in [2.24, 2.45) is 5.73 Å². The molecule has 1 saturated heterocycles. The Morgan fingerprint density at radius 2 is 2.11 bits per heavy atom. The third kappa shape index (κ3) is 4.27. The van der Waals surface area contributed by atoms with Gasteiger partial charge in [0.05, 0.1) is 13.2 Å². The molecule has 1 aliphatic rings. The molecule has 0 spiro atoms. The zero-order valence-corrected chi connectivity index (χ0v) is 11.3. The van der Waals surface area contributed by atoms with E-state index in [1.54, 1.807) is 20.8 Å². The van der Waals surface area contributed by atoms with Crippen LogP contribution >= 0.6 is 0 Å². The first-order valence-electron chi connectivity index (χ1n) is 6.15. The highest BCUT2D eigenvalue weighted by molar-refractivity contribution is 5.87. The minimum absolute atomic E-state index is 0.0805. The Labute approximate surface area is 107 Å². The van der Waals surface area contributed by atoms with Gasteiger partial charge in [-0.15, -0.1) is 0 Å². The maximum Gasteiger partial charge on any atom is 0.411 e. The van der Waals surface area contributed by atoms with Gasteiger partial charge in [0.25, 0.3) is 0 Å². The molecule has 0 aliphatic carbocycles. The topological polar surface area (TPSA) is 81.9 Å². The molecule has 1 fully saturated rings. The minimum Gasteiger partial charge on any atom is -0.444 e. The molecule has 18 heavy (non-hydrogen) atoms. The van der Waals surface area contributed by atoms with Crippen LogP contribution in [0.1, 0.15) is 27.2 Å². The fourth-order valence-electron chi connectivity index (χ4n) is 1.72. The number of carbonyl (C=O) groups is 2. The van der Waals surface area contributed by atoms with E-state index < -0.39 is 17.7 Å². The number of hydrogen-bond donors (Lipinski definition) is 1. The quantitative estimate of drug-likeness (QED) is 0.799. The van der Waals surface area contributed by atoms with E-state index in [-0.39, 0.29) is 25.4 Å². The van der Waals surface area contributed by atoms with Crippen LogP contribution in [0.2, 0.25) is 0 Å². The largest absolute Gasteiger partial charge is 0.444 e.